The summed E-state index contributed by atoms with van der Waals surface area (Å²) in [6, 6.07) is 6.30. The number of benzene rings is 1. The van der Waals surface area contributed by atoms with Crippen LogP contribution in [0.4, 0.5) is 4.39 Å². The zero-order chi connectivity index (χ0) is 18.4. The molecule has 1 heterocycles. The Morgan fingerprint density at radius 1 is 1.23 bits per heavy atom. The van der Waals surface area contributed by atoms with Gasteiger partial charge in [-0.25, -0.2) is 4.39 Å². The van der Waals surface area contributed by atoms with Gasteiger partial charge in [0, 0.05) is 12.5 Å². The van der Waals surface area contributed by atoms with Gasteiger partial charge in [0.25, 0.3) is 5.91 Å². The molecule has 0 spiro atoms. The van der Waals surface area contributed by atoms with Gasteiger partial charge in [0.15, 0.2) is 5.82 Å². The number of carbonyl (C=O) groups is 1. The van der Waals surface area contributed by atoms with Crippen molar-refractivity contribution in [3.8, 4) is 17.4 Å². The first-order valence-electron chi connectivity index (χ1n) is 9.17. The Bertz CT molecular complexity index is 741. The van der Waals surface area contributed by atoms with Gasteiger partial charge < -0.3 is 9.47 Å². The molecule has 1 aromatic carbocycles. The van der Waals surface area contributed by atoms with Crippen LogP contribution in [-0.2, 0) is 4.74 Å². The first-order chi connectivity index (χ1) is 12.7. The lowest BCUT2D eigenvalue weighted by Gasteiger charge is -2.20. The fraction of sp³-hybridized carbons (Fsp3) is 0.526. The summed E-state index contributed by atoms with van der Waals surface area (Å²) in [6.07, 6.45) is 4.86. The number of hydrogen-bond acceptors (Lipinski definition) is 5. The van der Waals surface area contributed by atoms with Gasteiger partial charge >= 0.3 is 6.01 Å². The van der Waals surface area contributed by atoms with Crippen LogP contribution in [0.5, 0.6) is 6.01 Å². The number of hydrogen-bond donors (Lipinski definition) is 0. The molecule has 0 radical (unpaired) electrons. The van der Waals surface area contributed by atoms with Gasteiger partial charge in [-0.3, -0.25) is 4.79 Å². The maximum atomic E-state index is 14.3. The number of halogens is 1. The van der Waals surface area contributed by atoms with Gasteiger partial charge in [-0.15, -0.1) is 5.10 Å². The van der Waals surface area contributed by atoms with E-state index in [-0.39, 0.29) is 35.8 Å². The van der Waals surface area contributed by atoms with Gasteiger partial charge in [-0.1, -0.05) is 31.4 Å². The smallest absolute Gasteiger partial charge is 0.336 e. The largest absolute Gasteiger partial charge is 0.460 e. The predicted octanol–water partition coefficient (Wildman–Crippen LogP) is 3.72. The van der Waals surface area contributed by atoms with Crippen molar-refractivity contribution < 1.29 is 18.7 Å². The molecule has 1 aromatic heterocycles. The molecule has 1 saturated carbocycles. The molecule has 26 heavy (non-hydrogen) atoms. The Morgan fingerprint density at radius 2 is 2.00 bits per heavy atom. The zero-order valence-electron chi connectivity index (χ0n) is 15.0. The maximum absolute atomic E-state index is 14.3. The standard InChI is InChI=1S/C19H24FN3O3/c1-2-25-12-13-26-19-21-17(15-10-6-7-11-16(15)20)23(22-19)18(24)14-8-4-3-5-9-14/h6-7,10-11,14H,2-5,8-9,12-13H2,1H3. The monoisotopic (exact) mass is 361 g/mol. The topological polar surface area (TPSA) is 66.2 Å². The summed E-state index contributed by atoms with van der Waals surface area (Å²) in [5.74, 6) is -0.508. The minimum atomic E-state index is -0.446. The summed E-state index contributed by atoms with van der Waals surface area (Å²) in [5.41, 5.74) is 0.240. The average molecular weight is 361 g/mol. The van der Waals surface area contributed by atoms with Crippen LogP contribution in [-0.4, -0.2) is 40.5 Å². The molecule has 2 aromatic rings. The summed E-state index contributed by atoms with van der Waals surface area (Å²) in [6.45, 7) is 3.15. The van der Waals surface area contributed by atoms with Crippen LogP contribution in [0.3, 0.4) is 0 Å². The van der Waals surface area contributed by atoms with E-state index in [0.29, 0.717) is 13.2 Å². The zero-order valence-corrected chi connectivity index (χ0v) is 15.0. The van der Waals surface area contributed by atoms with Crippen molar-refractivity contribution in [3.63, 3.8) is 0 Å². The van der Waals surface area contributed by atoms with Crippen molar-refractivity contribution >= 4 is 5.91 Å². The predicted molar refractivity (Wildman–Crippen MR) is 94.6 cm³/mol. The van der Waals surface area contributed by atoms with Crippen molar-refractivity contribution in [2.45, 2.75) is 39.0 Å². The molecule has 0 saturated heterocycles. The van der Waals surface area contributed by atoms with Crippen LogP contribution in [0.25, 0.3) is 11.4 Å². The van der Waals surface area contributed by atoms with Crippen molar-refractivity contribution in [1.82, 2.24) is 14.8 Å². The lowest BCUT2D eigenvalue weighted by atomic mass is 9.88. The van der Waals surface area contributed by atoms with Gasteiger partial charge in [0.2, 0.25) is 0 Å². The summed E-state index contributed by atoms with van der Waals surface area (Å²) in [7, 11) is 0. The van der Waals surface area contributed by atoms with Crippen LogP contribution >= 0.6 is 0 Å². The molecule has 6 nitrogen and oxygen atoms in total. The second-order valence-corrected chi connectivity index (χ2v) is 6.33. The van der Waals surface area contributed by atoms with E-state index < -0.39 is 5.82 Å². The van der Waals surface area contributed by atoms with Gasteiger partial charge in [-0.2, -0.15) is 9.67 Å². The molecule has 0 N–H and O–H groups in total. The summed E-state index contributed by atoms with van der Waals surface area (Å²) >= 11 is 0. The fourth-order valence-corrected chi connectivity index (χ4v) is 3.18. The number of carbonyl (C=O) groups excluding carboxylic acids is 1. The van der Waals surface area contributed by atoms with E-state index in [1.165, 1.54) is 10.7 Å². The quantitative estimate of drug-likeness (QED) is 0.703. The van der Waals surface area contributed by atoms with Crippen LogP contribution in [0.2, 0.25) is 0 Å². The highest BCUT2D eigenvalue weighted by Gasteiger charge is 2.28. The molecule has 0 aliphatic heterocycles. The van der Waals surface area contributed by atoms with Crippen LogP contribution in [0.1, 0.15) is 43.8 Å². The first-order valence-corrected chi connectivity index (χ1v) is 9.17. The van der Waals surface area contributed by atoms with E-state index in [1.807, 2.05) is 6.92 Å². The van der Waals surface area contributed by atoms with Crippen molar-refractivity contribution in [1.29, 1.82) is 0 Å². The Morgan fingerprint density at radius 3 is 2.73 bits per heavy atom. The Labute approximate surface area is 152 Å². The van der Waals surface area contributed by atoms with E-state index in [2.05, 4.69) is 10.1 Å². The molecular weight excluding hydrogens is 337 g/mol. The van der Waals surface area contributed by atoms with Crippen molar-refractivity contribution in [2.24, 2.45) is 5.92 Å². The van der Waals surface area contributed by atoms with Crippen molar-refractivity contribution in [2.75, 3.05) is 19.8 Å². The molecular formula is C19H24FN3O3. The van der Waals surface area contributed by atoms with Gasteiger partial charge in [-0.05, 0) is 31.9 Å². The highest BCUT2D eigenvalue weighted by Crippen LogP contribution is 2.28. The second-order valence-electron chi connectivity index (χ2n) is 6.33. The number of aromatic nitrogens is 3. The van der Waals surface area contributed by atoms with Crippen LogP contribution in [0, 0.1) is 11.7 Å². The molecule has 3 rings (SSSR count). The summed E-state index contributed by atoms with van der Waals surface area (Å²) in [4.78, 5) is 17.2. The van der Waals surface area contributed by atoms with E-state index in [9.17, 15) is 9.18 Å². The second kappa shape index (κ2) is 8.89. The van der Waals surface area contributed by atoms with E-state index in [1.54, 1.807) is 18.2 Å². The summed E-state index contributed by atoms with van der Waals surface area (Å²) < 4.78 is 26.2. The number of ether oxygens (including phenoxy) is 2. The Hall–Kier alpha value is -2.28. The molecule has 1 fully saturated rings. The molecule has 1 aliphatic carbocycles. The van der Waals surface area contributed by atoms with Crippen molar-refractivity contribution in [3.05, 3.63) is 30.1 Å². The van der Waals surface area contributed by atoms with E-state index in [0.717, 1.165) is 32.1 Å². The molecule has 0 amide bonds. The summed E-state index contributed by atoms with van der Waals surface area (Å²) in [5, 5.41) is 4.21. The third kappa shape index (κ3) is 4.27. The normalized spacial score (nSPS) is 15.2. The third-order valence-electron chi connectivity index (χ3n) is 4.53. The third-order valence-corrected chi connectivity index (χ3v) is 4.53. The van der Waals surface area contributed by atoms with Gasteiger partial charge in [0.1, 0.15) is 12.4 Å². The van der Waals surface area contributed by atoms with Gasteiger partial charge in [0.05, 0.1) is 12.2 Å². The SMILES string of the molecule is CCOCCOc1nc(-c2ccccc2F)n(C(=O)C2CCCCC2)n1. The molecule has 1 aliphatic rings. The first kappa shape index (κ1) is 18.5. The molecule has 0 unspecified atom stereocenters. The van der Waals surface area contributed by atoms with E-state index in [4.69, 9.17) is 9.47 Å². The fourth-order valence-electron chi connectivity index (χ4n) is 3.18. The van der Waals surface area contributed by atoms with E-state index >= 15 is 0 Å². The Balaban J connectivity index is 1.88. The minimum Gasteiger partial charge on any atom is -0.460 e. The Kier molecular flexibility index (Phi) is 6.33. The minimum absolute atomic E-state index is 0.0621. The van der Waals surface area contributed by atoms with Crippen LogP contribution in [0.15, 0.2) is 24.3 Å². The highest BCUT2D eigenvalue weighted by atomic mass is 19.1. The number of rotatable bonds is 7. The molecule has 0 atom stereocenters. The number of nitrogens with zero attached hydrogens (tertiary/aromatic N) is 3. The lowest BCUT2D eigenvalue weighted by molar-refractivity contribution is 0.0781. The molecule has 0 bridgehead atoms. The highest BCUT2D eigenvalue weighted by molar-refractivity contribution is 5.84. The maximum Gasteiger partial charge on any atom is 0.336 e. The molecule has 140 valence electrons. The average Bonchev–Trinajstić information content (AvgIpc) is 3.09. The molecule has 7 heteroatoms. The lowest BCUT2D eigenvalue weighted by Crippen LogP contribution is -2.25. The van der Waals surface area contributed by atoms with Crippen LogP contribution < -0.4 is 4.74 Å².